The van der Waals surface area contributed by atoms with Crippen molar-refractivity contribution in [1.29, 1.82) is 0 Å². The number of carbonyl (C=O) groups is 2. The van der Waals surface area contributed by atoms with Crippen LogP contribution in [-0.4, -0.2) is 242 Å². The van der Waals surface area contributed by atoms with Gasteiger partial charge in [-0.05, 0) is 83.9 Å². The fraction of sp³-hybridized carbons (Fsp3) is 0.516. The van der Waals surface area contributed by atoms with Gasteiger partial charge in [0.05, 0.1) is 131 Å². The van der Waals surface area contributed by atoms with E-state index in [1.54, 1.807) is 21.5 Å². The first-order chi connectivity index (χ1) is 43.6. The number of ether oxygens (including phenoxy) is 8. The molecule has 8 rings (SSSR count). The molecule has 490 valence electrons. The lowest BCUT2D eigenvalue weighted by Crippen LogP contribution is -2.54. The second kappa shape index (κ2) is 36.8. The molecule has 6 N–H and O–H groups in total. The number of nitrogens with one attached hydrogen (secondary N) is 2. The van der Waals surface area contributed by atoms with Crippen LogP contribution in [0.5, 0.6) is 0 Å². The molecule has 2 aliphatic heterocycles. The highest BCUT2D eigenvalue weighted by atomic mass is 35.5. The number of aromatic nitrogens is 6. The van der Waals surface area contributed by atoms with E-state index in [2.05, 4.69) is 79.4 Å². The molecule has 0 radical (unpaired) electrons. The Balaban J connectivity index is 0.563. The lowest BCUT2D eigenvalue weighted by atomic mass is 9.84. The van der Waals surface area contributed by atoms with E-state index in [9.17, 15) is 30.0 Å². The molecule has 24 nitrogen and oxygen atoms in total. The quantitative estimate of drug-likeness (QED) is 0.0290. The molecule has 0 bridgehead atoms. The molecule has 2 aliphatic rings. The maximum Gasteiger partial charge on any atom is 0.251 e. The van der Waals surface area contributed by atoms with Gasteiger partial charge in [-0.3, -0.25) is 9.59 Å². The van der Waals surface area contributed by atoms with Crippen molar-refractivity contribution in [2.75, 3.05) is 146 Å². The number of aliphatic hydroxyl groups is 4. The number of nitrogens with zero attached hydrogens (tertiary/aromatic N) is 8. The number of hydrogen-bond acceptors (Lipinski definition) is 20. The molecule has 6 atom stereocenters. The predicted octanol–water partition coefficient (Wildman–Crippen LogP) is 4.48. The van der Waals surface area contributed by atoms with Crippen LogP contribution in [0.3, 0.4) is 0 Å². The number of likely N-dealkylation sites (N-methyl/N-ethyl adjacent to an activating group) is 2. The molecule has 2 amide bonds. The van der Waals surface area contributed by atoms with E-state index in [1.165, 1.54) is 0 Å². The summed E-state index contributed by atoms with van der Waals surface area (Å²) in [4.78, 5) is 29.3. The average molecular weight is 1330 g/mol. The number of hydrogen-bond donors (Lipinski definition) is 6. The Morgan fingerprint density at radius 2 is 0.844 bits per heavy atom. The van der Waals surface area contributed by atoms with Crippen molar-refractivity contribution in [2.45, 2.75) is 62.4 Å². The molecule has 4 aromatic carbocycles. The van der Waals surface area contributed by atoms with Gasteiger partial charge in [-0.1, -0.05) is 93.2 Å². The molecule has 28 heteroatoms. The average Bonchev–Trinajstić information content (AvgIpc) is 0.879. The van der Waals surface area contributed by atoms with Crippen LogP contribution in [0.1, 0.15) is 45.2 Å². The molecule has 90 heavy (non-hydrogen) atoms. The number of benzene rings is 4. The monoisotopic (exact) mass is 1330 g/mol. The fourth-order valence-electron chi connectivity index (χ4n) is 10.4. The molecule has 4 heterocycles. The van der Waals surface area contributed by atoms with E-state index >= 15 is 0 Å². The predicted molar refractivity (Wildman–Crippen MR) is 337 cm³/mol. The van der Waals surface area contributed by atoms with Crippen LogP contribution in [0, 0.1) is 0 Å². The Labute approximate surface area is 543 Å². The van der Waals surface area contributed by atoms with Crippen LogP contribution in [0.2, 0.25) is 20.1 Å². The van der Waals surface area contributed by atoms with E-state index < -0.39 is 36.2 Å². The van der Waals surface area contributed by atoms with Crippen LogP contribution in [-0.2, 0) is 73.7 Å². The highest BCUT2D eigenvalue weighted by molar-refractivity contribution is 6.35. The fourth-order valence-corrected chi connectivity index (χ4v) is 11.5. The first-order valence-electron chi connectivity index (χ1n) is 29.9. The van der Waals surface area contributed by atoms with Gasteiger partial charge in [0, 0.05) is 82.3 Å². The van der Waals surface area contributed by atoms with Crippen LogP contribution < -0.4 is 10.6 Å². The second-order valence-electron chi connectivity index (χ2n) is 21.7. The maximum atomic E-state index is 12.4. The van der Waals surface area contributed by atoms with Crippen LogP contribution in [0.25, 0.3) is 22.5 Å². The second-order valence-corrected chi connectivity index (χ2v) is 23.4. The number of fused-ring (bicyclic) bond motifs is 2. The van der Waals surface area contributed by atoms with Gasteiger partial charge in [-0.25, -0.2) is 9.36 Å². The van der Waals surface area contributed by atoms with Crippen LogP contribution in [0.4, 0.5) is 0 Å². The van der Waals surface area contributed by atoms with E-state index in [0.29, 0.717) is 99.2 Å². The Bertz CT molecular complexity index is 3000. The summed E-state index contributed by atoms with van der Waals surface area (Å²) in [6.07, 6.45) is -4.84. The summed E-state index contributed by atoms with van der Waals surface area (Å²) in [6.45, 7) is 8.93. The molecule has 6 aromatic rings. The van der Waals surface area contributed by atoms with Crippen molar-refractivity contribution in [3.63, 3.8) is 0 Å². The minimum Gasteiger partial charge on any atom is -0.387 e. The molecule has 0 spiro atoms. The third kappa shape index (κ3) is 21.4. The first-order valence-corrected chi connectivity index (χ1v) is 31.4. The summed E-state index contributed by atoms with van der Waals surface area (Å²) < 4.78 is 48.0. The molecular formula is C62H80Cl4N10O14. The topological polar surface area (TPSA) is 281 Å². The van der Waals surface area contributed by atoms with Gasteiger partial charge in [0.2, 0.25) is 0 Å². The van der Waals surface area contributed by atoms with E-state index in [4.69, 9.17) is 84.3 Å². The van der Waals surface area contributed by atoms with Crippen molar-refractivity contribution in [1.82, 2.24) is 50.4 Å². The third-order valence-electron chi connectivity index (χ3n) is 15.0. The Morgan fingerprint density at radius 1 is 0.500 bits per heavy atom. The number of aliphatic hydroxyl groups excluding tert-OH is 4. The molecule has 0 saturated carbocycles. The third-order valence-corrected chi connectivity index (χ3v) is 16.1. The van der Waals surface area contributed by atoms with Gasteiger partial charge in [0.1, 0.15) is 23.6 Å². The van der Waals surface area contributed by atoms with E-state index in [0.717, 1.165) is 82.1 Å². The summed E-state index contributed by atoms with van der Waals surface area (Å²) >= 11 is 26.0. The largest absolute Gasteiger partial charge is 0.387 e. The Kier molecular flexibility index (Phi) is 28.9. The van der Waals surface area contributed by atoms with Gasteiger partial charge >= 0.3 is 0 Å². The van der Waals surface area contributed by atoms with Gasteiger partial charge in [0.25, 0.3) is 11.8 Å². The van der Waals surface area contributed by atoms with Crippen LogP contribution in [0.15, 0.2) is 85.2 Å². The highest BCUT2D eigenvalue weighted by Gasteiger charge is 2.37. The number of carbonyl (C=O) groups excluding carboxylic acids is 2. The van der Waals surface area contributed by atoms with Crippen molar-refractivity contribution >= 4 is 58.2 Å². The molecule has 0 aliphatic carbocycles. The van der Waals surface area contributed by atoms with E-state index in [-0.39, 0.29) is 64.6 Å². The summed E-state index contributed by atoms with van der Waals surface area (Å²) in [5, 5.41) is 65.9. The number of rotatable bonds is 39. The minimum atomic E-state index is -2.17. The molecular weight excluding hydrogens is 1250 g/mol. The normalized spacial score (nSPS) is 16.6. The van der Waals surface area contributed by atoms with Crippen molar-refractivity contribution in [2.24, 2.45) is 0 Å². The molecule has 0 saturated heterocycles. The lowest BCUT2D eigenvalue weighted by molar-refractivity contribution is -0.155. The number of halogens is 4. The molecule has 2 aromatic heterocycles. The van der Waals surface area contributed by atoms with E-state index in [1.807, 2.05) is 48.8 Å². The molecule has 0 fully saturated rings. The Morgan fingerprint density at radius 3 is 1.21 bits per heavy atom. The first kappa shape index (κ1) is 70.6. The number of amides is 2. The standard InChI is InChI=1S/C62H80Cl4N10O14/c1-73-35-49(47-31-45(63)33-53(65)51(47)37-73)41-5-3-7-43(29-41)55-39-75(71-69-55)11-15-85-19-23-89-27-25-87-21-17-83-13-9-67-61(81)59(79)57(77)58(78)60(80)62(82)68-10-14-84-18-22-88-26-28-90-24-20-86-16-12-76-40-56(70-72-76)44-8-4-6-42(30-44)50-36-74(2)38-52-48(50)32-46(64)34-54(52)66/h3-8,29-34,39-40,49-50,57-60,77-80H,9-28,35-38H2,1-2H3,(H,67,81)(H,68,82)/t49-,50-,57-,58+,59+,60-/m0/s1. The van der Waals surface area contributed by atoms with Gasteiger partial charge in [0.15, 0.2) is 12.2 Å². The van der Waals surface area contributed by atoms with Gasteiger partial charge in [-0.15, -0.1) is 10.2 Å². The minimum absolute atomic E-state index is 0.0379. The van der Waals surface area contributed by atoms with Crippen molar-refractivity contribution in [3.05, 3.63) is 139 Å². The van der Waals surface area contributed by atoms with Crippen molar-refractivity contribution in [3.8, 4) is 22.5 Å². The van der Waals surface area contributed by atoms with Crippen molar-refractivity contribution < 1.29 is 67.9 Å². The smallest absolute Gasteiger partial charge is 0.251 e. The van der Waals surface area contributed by atoms with Gasteiger partial charge in [-0.2, -0.15) is 0 Å². The van der Waals surface area contributed by atoms with Gasteiger partial charge < -0.3 is 78.8 Å². The highest BCUT2D eigenvalue weighted by Crippen LogP contribution is 2.41. The summed E-state index contributed by atoms with van der Waals surface area (Å²) in [5.74, 6) is -1.86. The summed E-state index contributed by atoms with van der Waals surface area (Å²) in [5.41, 5.74) is 10.2. The zero-order valence-electron chi connectivity index (χ0n) is 50.5. The van der Waals surface area contributed by atoms with Crippen LogP contribution >= 0.6 is 46.4 Å². The molecule has 0 unspecified atom stereocenters. The summed E-state index contributed by atoms with van der Waals surface area (Å²) in [6, 6.07) is 24.3. The maximum absolute atomic E-state index is 12.4. The summed E-state index contributed by atoms with van der Waals surface area (Å²) in [7, 11) is 4.18. The zero-order valence-corrected chi connectivity index (χ0v) is 53.5. The lowest BCUT2D eigenvalue weighted by Gasteiger charge is -2.33. The SMILES string of the molecule is CN1Cc2c(Cl)cc(Cl)cc2[C@H](c2cccc(-c3cn(CCOCCOCCOCCOCCNC(=O)[C@@H](O)[C@H](O)[C@H](O)[C@@H](O)C(=O)NCCOCCOCCOCCOCCn4cc(-c5cccc([C@@H]6CN(C)Cc7c(Cl)cc(Cl)cc76)c5)nn4)nn3)c2)C1. The Hall–Kier alpha value is -5.30. The zero-order chi connectivity index (χ0) is 63.8.